The van der Waals surface area contributed by atoms with E-state index < -0.39 is 5.91 Å². The Bertz CT molecular complexity index is 677. The van der Waals surface area contributed by atoms with Gasteiger partial charge in [-0.25, -0.2) is 9.97 Å². The topological polar surface area (TPSA) is 133 Å². The van der Waals surface area contributed by atoms with Crippen LogP contribution >= 0.6 is 0 Å². The summed E-state index contributed by atoms with van der Waals surface area (Å²) in [7, 11) is 0. The van der Waals surface area contributed by atoms with Crippen molar-refractivity contribution in [2.75, 3.05) is 5.73 Å². The molecule has 0 saturated carbocycles. The standard InChI is InChI=1S/C13H14N6O/c1-7-9(8-5-3-2-4-6-8)18-11(14)10(17-7)12(20)19-13(15)16/h2-6H,1H3,(H2,14,18)(H4,15,16,19,20). The highest BCUT2D eigenvalue weighted by molar-refractivity contribution is 6.03. The van der Waals surface area contributed by atoms with Crippen LogP contribution in [0.15, 0.2) is 35.3 Å². The van der Waals surface area contributed by atoms with Crippen LogP contribution in [-0.4, -0.2) is 21.8 Å². The summed E-state index contributed by atoms with van der Waals surface area (Å²) in [6.07, 6.45) is 0. The number of guanidine groups is 1. The van der Waals surface area contributed by atoms with Crippen LogP contribution in [0.4, 0.5) is 5.82 Å². The average Bonchev–Trinajstić information content (AvgIpc) is 2.41. The number of nitrogens with zero attached hydrogens (tertiary/aromatic N) is 3. The number of nitrogen functional groups attached to an aromatic ring is 1. The van der Waals surface area contributed by atoms with Crippen molar-refractivity contribution >= 4 is 17.7 Å². The van der Waals surface area contributed by atoms with E-state index in [1.165, 1.54) is 0 Å². The smallest absolute Gasteiger partial charge is 0.302 e. The third kappa shape index (κ3) is 2.72. The van der Waals surface area contributed by atoms with Gasteiger partial charge in [0.2, 0.25) is 0 Å². The molecule has 0 radical (unpaired) electrons. The van der Waals surface area contributed by atoms with E-state index in [-0.39, 0.29) is 17.5 Å². The van der Waals surface area contributed by atoms with E-state index in [1.54, 1.807) is 6.92 Å². The number of carbonyl (C=O) groups excluding carboxylic acids is 1. The summed E-state index contributed by atoms with van der Waals surface area (Å²) >= 11 is 0. The molecule has 0 aliphatic carbocycles. The van der Waals surface area contributed by atoms with Gasteiger partial charge in [0.25, 0.3) is 0 Å². The second-order valence-corrected chi connectivity index (χ2v) is 4.10. The number of hydrogen-bond acceptors (Lipinski definition) is 4. The maximum Gasteiger partial charge on any atom is 0.302 e. The number of rotatable bonds is 2. The minimum absolute atomic E-state index is 0.00977. The quantitative estimate of drug-likeness (QED) is 0.535. The molecule has 0 spiro atoms. The lowest BCUT2D eigenvalue weighted by Crippen LogP contribution is -2.25. The molecule has 2 aromatic rings. The number of nitrogens with two attached hydrogens (primary N) is 3. The molecule has 0 unspecified atom stereocenters. The highest BCUT2D eigenvalue weighted by Gasteiger charge is 2.16. The number of aryl methyl sites for hydroxylation is 1. The number of carbonyl (C=O) groups is 1. The highest BCUT2D eigenvalue weighted by Crippen LogP contribution is 2.22. The van der Waals surface area contributed by atoms with Gasteiger partial charge in [-0.1, -0.05) is 30.3 Å². The van der Waals surface area contributed by atoms with Gasteiger partial charge in [-0.05, 0) is 6.92 Å². The maximum atomic E-state index is 11.7. The summed E-state index contributed by atoms with van der Waals surface area (Å²) in [5, 5.41) is 0. The average molecular weight is 270 g/mol. The van der Waals surface area contributed by atoms with E-state index in [0.717, 1.165) is 5.56 Å². The summed E-state index contributed by atoms with van der Waals surface area (Å²) in [4.78, 5) is 23.5. The van der Waals surface area contributed by atoms with E-state index >= 15 is 0 Å². The third-order valence-electron chi connectivity index (χ3n) is 2.58. The molecule has 0 aliphatic heterocycles. The summed E-state index contributed by atoms with van der Waals surface area (Å²) in [5.41, 5.74) is 18.1. The molecule has 1 heterocycles. The minimum Gasteiger partial charge on any atom is -0.382 e. The molecular weight excluding hydrogens is 256 g/mol. The van der Waals surface area contributed by atoms with Crippen molar-refractivity contribution in [1.29, 1.82) is 0 Å². The van der Waals surface area contributed by atoms with Crippen LogP contribution in [0.25, 0.3) is 11.3 Å². The minimum atomic E-state index is -0.710. The van der Waals surface area contributed by atoms with Crippen molar-refractivity contribution < 1.29 is 4.79 Å². The SMILES string of the molecule is Cc1nc(C(=O)N=C(N)N)c(N)nc1-c1ccccc1. The molecule has 0 saturated heterocycles. The molecule has 2 rings (SSSR count). The van der Waals surface area contributed by atoms with Crippen molar-refractivity contribution in [3.63, 3.8) is 0 Å². The van der Waals surface area contributed by atoms with Gasteiger partial charge in [-0.15, -0.1) is 0 Å². The molecule has 7 nitrogen and oxygen atoms in total. The number of benzene rings is 1. The second-order valence-electron chi connectivity index (χ2n) is 4.10. The van der Waals surface area contributed by atoms with Crippen LogP contribution in [0, 0.1) is 6.92 Å². The molecule has 0 fully saturated rings. The first-order valence-corrected chi connectivity index (χ1v) is 5.82. The second kappa shape index (κ2) is 5.35. The lowest BCUT2D eigenvalue weighted by molar-refractivity contribution is 0.0998. The Labute approximate surface area is 115 Å². The predicted octanol–water partition coefficient (Wildman–Crippen LogP) is 0.448. The molecule has 0 atom stereocenters. The van der Waals surface area contributed by atoms with Crippen molar-refractivity contribution in [2.45, 2.75) is 6.92 Å². The molecule has 1 aromatic heterocycles. The number of amides is 1. The molecule has 102 valence electrons. The van der Waals surface area contributed by atoms with E-state index in [9.17, 15) is 4.79 Å². The van der Waals surface area contributed by atoms with Gasteiger partial charge in [0.05, 0.1) is 11.4 Å². The van der Waals surface area contributed by atoms with Gasteiger partial charge < -0.3 is 17.2 Å². The molecule has 6 N–H and O–H groups in total. The van der Waals surface area contributed by atoms with Crippen LogP contribution in [0.2, 0.25) is 0 Å². The first-order chi connectivity index (χ1) is 9.49. The van der Waals surface area contributed by atoms with Gasteiger partial charge in [0.15, 0.2) is 17.5 Å². The van der Waals surface area contributed by atoms with Crippen LogP contribution in [-0.2, 0) is 0 Å². The highest BCUT2D eigenvalue weighted by atomic mass is 16.1. The van der Waals surface area contributed by atoms with Gasteiger partial charge in [0.1, 0.15) is 0 Å². The third-order valence-corrected chi connectivity index (χ3v) is 2.58. The zero-order valence-corrected chi connectivity index (χ0v) is 10.9. The van der Waals surface area contributed by atoms with Gasteiger partial charge >= 0.3 is 5.91 Å². The van der Waals surface area contributed by atoms with Crippen LogP contribution in [0.5, 0.6) is 0 Å². The zero-order chi connectivity index (χ0) is 14.7. The Hall–Kier alpha value is -2.96. The molecule has 7 heteroatoms. The number of aliphatic imine (C=N–C) groups is 1. The van der Waals surface area contributed by atoms with E-state index in [4.69, 9.17) is 17.2 Å². The van der Waals surface area contributed by atoms with Crippen molar-refractivity contribution in [3.05, 3.63) is 41.7 Å². The van der Waals surface area contributed by atoms with Crippen molar-refractivity contribution in [3.8, 4) is 11.3 Å². The Kier molecular flexibility index (Phi) is 3.60. The first kappa shape index (κ1) is 13.5. The molecule has 0 aliphatic rings. The molecule has 1 aromatic carbocycles. The van der Waals surface area contributed by atoms with Gasteiger partial charge in [-0.2, -0.15) is 4.99 Å². The Morgan fingerprint density at radius 1 is 1.15 bits per heavy atom. The van der Waals surface area contributed by atoms with Crippen LogP contribution in [0.3, 0.4) is 0 Å². The monoisotopic (exact) mass is 270 g/mol. The Balaban J connectivity index is 2.50. The largest absolute Gasteiger partial charge is 0.382 e. The number of aromatic nitrogens is 2. The summed E-state index contributed by atoms with van der Waals surface area (Å²) in [6.45, 7) is 1.74. The Morgan fingerprint density at radius 3 is 2.40 bits per heavy atom. The lowest BCUT2D eigenvalue weighted by Gasteiger charge is -2.08. The van der Waals surface area contributed by atoms with E-state index in [0.29, 0.717) is 11.4 Å². The van der Waals surface area contributed by atoms with Gasteiger partial charge in [0, 0.05) is 5.56 Å². The van der Waals surface area contributed by atoms with Crippen LogP contribution < -0.4 is 17.2 Å². The lowest BCUT2D eigenvalue weighted by atomic mass is 10.1. The van der Waals surface area contributed by atoms with E-state index in [1.807, 2.05) is 30.3 Å². The fraction of sp³-hybridized carbons (Fsp3) is 0.0769. The molecule has 0 bridgehead atoms. The predicted molar refractivity (Wildman–Crippen MR) is 76.8 cm³/mol. The molecule has 1 amide bonds. The number of hydrogen-bond donors (Lipinski definition) is 3. The maximum absolute atomic E-state index is 11.7. The zero-order valence-electron chi connectivity index (χ0n) is 10.9. The number of anilines is 1. The summed E-state index contributed by atoms with van der Waals surface area (Å²) in [6, 6.07) is 9.42. The van der Waals surface area contributed by atoms with Crippen molar-refractivity contribution in [1.82, 2.24) is 9.97 Å². The van der Waals surface area contributed by atoms with Crippen LogP contribution in [0.1, 0.15) is 16.2 Å². The van der Waals surface area contributed by atoms with Gasteiger partial charge in [-0.3, -0.25) is 4.79 Å². The van der Waals surface area contributed by atoms with E-state index in [2.05, 4.69) is 15.0 Å². The first-order valence-electron chi connectivity index (χ1n) is 5.82. The fourth-order valence-electron chi connectivity index (χ4n) is 1.73. The molecule has 20 heavy (non-hydrogen) atoms. The summed E-state index contributed by atoms with van der Waals surface area (Å²) < 4.78 is 0. The Morgan fingerprint density at radius 2 is 1.80 bits per heavy atom. The fourth-order valence-corrected chi connectivity index (χ4v) is 1.73. The van der Waals surface area contributed by atoms with Crippen molar-refractivity contribution in [2.24, 2.45) is 16.5 Å². The molecular formula is C13H14N6O. The summed E-state index contributed by atoms with van der Waals surface area (Å²) in [5.74, 6) is -1.07. The normalized spacial score (nSPS) is 10.1.